The third-order valence-electron chi connectivity index (χ3n) is 4.48. The van der Waals surface area contributed by atoms with Crippen molar-refractivity contribution in [2.75, 3.05) is 11.5 Å². The van der Waals surface area contributed by atoms with E-state index in [9.17, 15) is 22.3 Å². The Bertz CT molecular complexity index is 1100. The Labute approximate surface area is 147 Å². The van der Waals surface area contributed by atoms with E-state index in [1.807, 2.05) is 0 Å². The Kier molecular flexibility index (Phi) is 3.87. The molecule has 26 heavy (non-hydrogen) atoms. The Balaban J connectivity index is 1.81. The molecular formula is C16H14F2N4O3S. The summed E-state index contributed by atoms with van der Waals surface area (Å²) in [4.78, 5) is 8.44. The monoisotopic (exact) mass is 380 g/mol. The molecule has 136 valence electrons. The van der Waals surface area contributed by atoms with E-state index < -0.39 is 21.5 Å². The first-order chi connectivity index (χ1) is 12.3. The fourth-order valence-corrected chi connectivity index (χ4v) is 4.56. The number of fused-ring (bicyclic) bond motifs is 1. The maximum Gasteiger partial charge on any atom is 0.225 e. The second-order valence-corrected chi connectivity index (χ2v) is 8.52. The number of rotatable bonds is 2. The average Bonchev–Trinajstić information content (AvgIpc) is 2.99. The van der Waals surface area contributed by atoms with Gasteiger partial charge in [0.25, 0.3) is 0 Å². The van der Waals surface area contributed by atoms with Crippen molar-refractivity contribution in [1.29, 1.82) is 0 Å². The zero-order chi connectivity index (χ0) is 18.5. The molecule has 0 saturated carbocycles. The molecule has 1 N–H and O–H groups in total. The summed E-state index contributed by atoms with van der Waals surface area (Å²) in [5, 5.41) is 14.4. The second-order valence-electron chi connectivity index (χ2n) is 6.22. The minimum Gasteiger partial charge on any atom is -0.493 e. The van der Waals surface area contributed by atoms with Gasteiger partial charge in [0.05, 0.1) is 17.7 Å². The maximum atomic E-state index is 14.1. The summed E-state index contributed by atoms with van der Waals surface area (Å²) in [5.41, 5.74) is 0.156. The van der Waals surface area contributed by atoms with E-state index in [-0.39, 0.29) is 45.8 Å². The zero-order valence-electron chi connectivity index (χ0n) is 13.4. The van der Waals surface area contributed by atoms with Gasteiger partial charge in [0.2, 0.25) is 5.88 Å². The predicted molar refractivity (Wildman–Crippen MR) is 88.9 cm³/mol. The van der Waals surface area contributed by atoms with Gasteiger partial charge < -0.3 is 5.11 Å². The van der Waals surface area contributed by atoms with E-state index in [4.69, 9.17) is 0 Å². The highest BCUT2D eigenvalue weighted by atomic mass is 32.2. The van der Waals surface area contributed by atoms with Crippen LogP contribution in [0.25, 0.3) is 16.7 Å². The number of aromatic hydroxyl groups is 1. The summed E-state index contributed by atoms with van der Waals surface area (Å²) in [6.45, 7) is 0. The molecule has 0 atom stereocenters. The van der Waals surface area contributed by atoms with Crippen molar-refractivity contribution < 1.29 is 22.3 Å². The standard InChI is InChI=1S/C16H14F2N4O3S/c17-10-1-2-13(12(18)7-10)22-15-11(8-19-22)16(23)21-14(20-15)9-3-5-26(24,25)6-4-9/h1-2,7-9H,3-6H2,(H,20,21,23). The highest BCUT2D eigenvalue weighted by Gasteiger charge is 2.28. The minimum absolute atomic E-state index is 0.0170. The van der Waals surface area contributed by atoms with Crippen molar-refractivity contribution in [3.8, 4) is 11.6 Å². The topological polar surface area (TPSA) is 98.0 Å². The number of hydrogen-bond acceptors (Lipinski definition) is 6. The zero-order valence-corrected chi connectivity index (χ0v) is 14.2. The van der Waals surface area contributed by atoms with E-state index in [0.29, 0.717) is 12.8 Å². The second kappa shape index (κ2) is 5.97. The van der Waals surface area contributed by atoms with Gasteiger partial charge in [-0.15, -0.1) is 0 Å². The third-order valence-corrected chi connectivity index (χ3v) is 6.20. The van der Waals surface area contributed by atoms with Crippen LogP contribution in [0.4, 0.5) is 8.78 Å². The Morgan fingerprint density at radius 3 is 2.58 bits per heavy atom. The van der Waals surface area contributed by atoms with Gasteiger partial charge in [-0.2, -0.15) is 10.1 Å². The summed E-state index contributed by atoms with van der Waals surface area (Å²) < 4.78 is 51.6. The van der Waals surface area contributed by atoms with Crippen molar-refractivity contribution >= 4 is 20.9 Å². The van der Waals surface area contributed by atoms with Gasteiger partial charge in [-0.25, -0.2) is 26.9 Å². The van der Waals surface area contributed by atoms with Crippen LogP contribution in [-0.4, -0.2) is 44.8 Å². The number of hydrogen-bond donors (Lipinski definition) is 1. The summed E-state index contributed by atoms with van der Waals surface area (Å²) in [6.07, 6.45) is 2.00. The van der Waals surface area contributed by atoms with Gasteiger partial charge in [-0.3, -0.25) is 0 Å². The fraction of sp³-hybridized carbons (Fsp3) is 0.312. The molecule has 0 amide bonds. The number of benzene rings is 1. The molecule has 0 unspecified atom stereocenters. The largest absolute Gasteiger partial charge is 0.493 e. The summed E-state index contributed by atoms with van der Waals surface area (Å²) in [7, 11) is -3.05. The van der Waals surface area contributed by atoms with Crippen molar-refractivity contribution in [2.45, 2.75) is 18.8 Å². The quantitative estimate of drug-likeness (QED) is 0.731. The van der Waals surface area contributed by atoms with E-state index >= 15 is 0 Å². The lowest BCUT2D eigenvalue weighted by Crippen LogP contribution is -2.23. The molecule has 1 aromatic carbocycles. The van der Waals surface area contributed by atoms with Crippen LogP contribution < -0.4 is 0 Å². The Hall–Kier alpha value is -2.62. The highest BCUT2D eigenvalue weighted by Crippen LogP contribution is 2.31. The molecule has 3 heterocycles. The molecule has 3 aromatic rings. The number of aromatic nitrogens is 4. The summed E-state index contributed by atoms with van der Waals surface area (Å²) in [6, 6.07) is 3.06. The van der Waals surface area contributed by atoms with Gasteiger partial charge in [-0.05, 0) is 25.0 Å². The van der Waals surface area contributed by atoms with E-state index in [1.165, 1.54) is 12.3 Å². The van der Waals surface area contributed by atoms with Crippen molar-refractivity contribution in [1.82, 2.24) is 19.7 Å². The molecule has 1 fully saturated rings. The van der Waals surface area contributed by atoms with Gasteiger partial charge >= 0.3 is 0 Å². The predicted octanol–water partition coefficient (Wildman–Crippen LogP) is 2.09. The number of halogens is 2. The molecule has 1 aliphatic heterocycles. The van der Waals surface area contributed by atoms with Crippen LogP contribution in [-0.2, 0) is 9.84 Å². The van der Waals surface area contributed by atoms with Gasteiger partial charge in [0.15, 0.2) is 11.5 Å². The van der Waals surface area contributed by atoms with Crippen LogP contribution in [0.3, 0.4) is 0 Å². The molecule has 0 bridgehead atoms. The van der Waals surface area contributed by atoms with E-state index in [1.54, 1.807) is 0 Å². The minimum atomic E-state index is -3.05. The lowest BCUT2D eigenvalue weighted by molar-refractivity contribution is 0.449. The number of sulfone groups is 1. The van der Waals surface area contributed by atoms with Crippen LogP contribution in [0.1, 0.15) is 24.6 Å². The highest BCUT2D eigenvalue weighted by molar-refractivity contribution is 7.91. The fourth-order valence-electron chi connectivity index (χ4n) is 3.07. The Morgan fingerprint density at radius 2 is 1.88 bits per heavy atom. The maximum absolute atomic E-state index is 14.1. The van der Waals surface area contributed by atoms with Gasteiger partial charge in [0.1, 0.15) is 32.6 Å². The molecule has 1 saturated heterocycles. The molecule has 2 aromatic heterocycles. The van der Waals surface area contributed by atoms with Crippen molar-refractivity contribution in [3.63, 3.8) is 0 Å². The SMILES string of the molecule is O=S1(=O)CCC(c2nc(O)c3cnn(-c4ccc(F)cc4F)c3n2)CC1. The number of nitrogens with zero attached hydrogens (tertiary/aromatic N) is 4. The first kappa shape index (κ1) is 16.8. The molecule has 10 heteroatoms. The van der Waals surface area contributed by atoms with Crippen LogP contribution in [0.2, 0.25) is 0 Å². The van der Waals surface area contributed by atoms with Crippen LogP contribution >= 0.6 is 0 Å². The van der Waals surface area contributed by atoms with Gasteiger partial charge in [0, 0.05) is 12.0 Å². The van der Waals surface area contributed by atoms with Crippen LogP contribution in [0.15, 0.2) is 24.4 Å². The van der Waals surface area contributed by atoms with E-state index in [0.717, 1.165) is 16.8 Å². The molecule has 0 aliphatic carbocycles. The molecule has 0 radical (unpaired) electrons. The molecule has 1 aliphatic rings. The van der Waals surface area contributed by atoms with Crippen LogP contribution in [0.5, 0.6) is 5.88 Å². The molecule has 7 nitrogen and oxygen atoms in total. The molecule has 0 spiro atoms. The molecule has 4 rings (SSSR count). The lowest BCUT2D eigenvalue weighted by atomic mass is 10.0. The Morgan fingerprint density at radius 1 is 1.15 bits per heavy atom. The normalized spacial score (nSPS) is 17.6. The summed E-state index contributed by atoms with van der Waals surface area (Å²) in [5.74, 6) is -1.73. The van der Waals surface area contributed by atoms with Crippen molar-refractivity contribution in [2.24, 2.45) is 0 Å². The lowest BCUT2D eigenvalue weighted by Gasteiger charge is -2.20. The van der Waals surface area contributed by atoms with Crippen LogP contribution in [0, 0.1) is 11.6 Å². The average molecular weight is 380 g/mol. The van der Waals surface area contributed by atoms with Crippen molar-refractivity contribution in [3.05, 3.63) is 41.9 Å². The van der Waals surface area contributed by atoms with E-state index in [2.05, 4.69) is 15.1 Å². The smallest absolute Gasteiger partial charge is 0.225 e. The molecular weight excluding hydrogens is 366 g/mol. The van der Waals surface area contributed by atoms with Gasteiger partial charge in [-0.1, -0.05) is 0 Å². The first-order valence-corrected chi connectivity index (χ1v) is 9.77. The first-order valence-electron chi connectivity index (χ1n) is 7.94. The third kappa shape index (κ3) is 2.90. The summed E-state index contributed by atoms with van der Waals surface area (Å²) >= 11 is 0.